The lowest BCUT2D eigenvalue weighted by Gasteiger charge is -2.41. The first-order valence-electron chi connectivity index (χ1n) is 6.90. The minimum atomic E-state index is -3.19. The van der Waals surface area contributed by atoms with E-state index in [2.05, 4.69) is 13.8 Å². The standard InChI is InChI=1S/C14H26O3S/c1-6-13(5)9-8-12(15)14(13,7-2)10-18(16,17)11(3)4/h11H,6-10H2,1-5H3/t13?,14-/m1/s1. The molecule has 1 rings (SSSR count). The molecule has 0 spiro atoms. The topological polar surface area (TPSA) is 51.2 Å². The fourth-order valence-electron chi connectivity index (χ4n) is 3.21. The molecule has 1 aliphatic rings. The minimum Gasteiger partial charge on any atom is -0.299 e. The summed E-state index contributed by atoms with van der Waals surface area (Å²) in [5, 5.41) is -0.407. The van der Waals surface area contributed by atoms with Crippen molar-refractivity contribution in [2.45, 2.75) is 65.6 Å². The molecule has 1 aliphatic carbocycles. The fourth-order valence-corrected chi connectivity index (χ4v) is 4.94. The van der Waals surface area contributed by atoms with E-state index in [0.29, 0.717) is 12.8 Å². The molecule has 0 aliphatic heterocycles. The van der Waals surface area contributed by atoms with E-state index >= 15 is 0 Å². The zero-order chi connectivity index (χ0) is 14.2. The third-order valence-corrected chi connectivity index (χ3v) is 7.47. The monoisotopic (exact) mass is 274 g/mol. The molecule has 18 heavy (non-hydrogen) atoms. The largest absolute Gasteiger partial charge is 0.299 e. The maximum absolute atomic E-state index is 12.3. The van der Waals surface area contributed by atoms with Crippen LogP contribution < -0.4 is 0 Å². The smallest absolute Gasteiger partial charge is 0.153 e. The second-order valence-corrected chi connectivity index (χ2v) is 8.69. The summed E-state index contributed by atoms with van der Waals surface area (Å²) in [7, 11) is -3.19. The van der Waals surface area contributed by atoms with Crippen LogP contribution in [0.5, 0.6) is 0 Å². The van der Waals surface area contributed by atoms with Gasteiger partial charge in [0.05, 0.1) is 11.0 Å². The number of sulfone groups is 1. The van der Waals surface area contributed by atoms with Crippen molar-refractivity contribution < 1.29 is 13.2 Å². The lowest BCUT2D eigenvalue weighted by Crippen LogP contribution is -2.46. The predicted molar refractivity (Wildman–Crippen MR) is 74.3 cm³/mol. The second-order valence-electron chi connectivity index (χ2n) is 6.13. The molecule has 106 valence electrons. The highest BCUT2D eigenvalue weighted by atomic mass is 32.2. The Morgan fingerprint density at radius 2 is 1.78 bits per heavy atom. The summed E-state index contributed by atoms with van der Waals surface area (Å²) >= 11 is 0. The number of carbonyl (C=O) groups excluding carboxylic acids is 1. The van der Waals surface area contributed by atoms with Gasteiger partial charge in [0.25, 0.3) is 0 Å². The van der Waals surface area contributed by atoms with E-state index in [-0.39, 0.29) is 17.0 Å². The van der Waals surface area contributed by atoms with Gasteiger partial charge in [0.1, 0.15) is 5.78 Å². The van der Waals surface area contributed by atoms with Crippen molar-refractivity contribution in [2.24, 2.45) is 10.8 Å². The van der Waals surface area contributed by atoms with Crippen LogP contribution in [0.2, 0.25) is 0 Å². The van der Waals surface area contributed by atoms with Gasteiger partial charge in [0.15, 0.2) is 9.84 Å². The lowest BCUT2D eigenvalue weighted by atomic mass is 9.64. The Balaban J connectivity index is 3.24. The van der Waals surface area contributed by atoms with Crippen LogP contribution in [0.15, 0.2) is 0 Å². The van der Waals surface area contributed by atoms with Gasteiger partial charge in [-0.15, -0.1) is 0 Å². The normalized spacial score (nSPS) is 33.3. The molecule has 3 nitrogen and oxygen atoms in total. The van der Waals surface area contributed by atoms with Crippen molar-refractivity contribution in [1.29, 1.82) is 0 Å². The van der Waals surface area contributed by atoms with E-state index in [1.807, 2.05) is 6.92 Å². The third-order valence-electron chi connectivity index (χ3n) is 5.14. The molecule has 0 bridgehead atoms. The Bertz CT molecular complexity index is 424. The summed E-state index contributed by atoms with van der Waals surface area (Å²) in [5.74, 6) is 0.177. The van der Waals surface area contributed by atoms with Gasteiger partial charge in [0, 0.05) is 11.8 Å². The van der Waals surface area contributed by atoms with Gasteiger partial charge in [-0.1, -0.05) is 20.8 Å². The summed E-state index contributed by atoms with van der Waals surface area (Å²) < 4.78 is 24.5. The highest BCUT2D eigenvalue weighted by molar-refractivity contribution is 7.92. The van der Waals surface area contributed by atoms with Crippen LogP contribution in [0.3, 0.4) is 0 Å². The number of ketones is 1. The van der Waals surface area contributed by atoms with E-state index < -0.39 is 20.5 Å². The Hall–Kier alpha value is -0.380. The maximum Gasteiger partial charge on any atom is 0.153 e. The Kier molecular flexibility index (Phi) is 4.31. The molecule has 0 aromatic heterocycles. The van der Waals surface area contributed by atoms with Crippen molar-refractivity contribution in [3.05, 3.63) is 0 Å². The molecule has 1 fully saturated rings. The van der Waals surface area contributed by atoms with E-state index in [1.54, 1.807) is 13.8 Å². The first kappa shape index (κ1) is 15.7. The molecule has 1 saturated carbocycles. The molecule has 0 saturated heterocycles. The SMILES string of the molecule is CCC1(C)CCC(=O)[C@@]1(CC)CS(=O)(=O)C(C)C. The minimum absolute atomic E-state index is 0.0251. The number of Topliss-reactive ketones (excluding diaryl/α,β-unsaturated/α-hetero) is 1. The molecule has 0 radical (unpaired) electrons. The van der Waals surface area contributed by atoms with Gasteiger partial charge in [-0.05, 0) is 38.5 Å². The molecule has 2 atom stereocenters. The van der Waals surface area contributed by atoms with Crippen LogP contribution in [0.25, 0.3) is 0 Å². The number of rotatable bonds is 5. The Morgan fingerprint density at radius 3 is 2.17 bits per heavy atom. The van der Waals surface area contributed by atoms with Crippen molar-refractivity contribution in [3.63, 3.8) is 0 Å². The van der Waals surface area contributed by atoms with Gasteiger partial charge >= 0.3 is 0 Å². The predicted octanol–water partition coefficient (Wildman–Crippen LogP) is 2.99. The Labute approximate surface area is 111 Å². The van der Waals surface area contributed by atoms with Crippen LogP contribution in [0.4, 0.5) is 0 Å². The summed E-state index contributed by atoms with van der Waals surface area (Å²) in [6, 6.07) is 0. The maximum atomic E-state index is 12.3. The van der Waals surface area contributed by atoms with E-state index in [0.717, 1.165) is 12.8 Å². The molecule has 0 aromatic rings. The fraction of sp³-hybridized carbons (Fsp3) is 0.929. The van der Waals surface area contributed by atoms with Crippen molar-refractivity contribution in [3.8, 4) is 0 Å². The van der Waals surface area contributed by atoms with E-state index in [9.17, 15) is 13.2 Å². The van der Waals surface area contributed by atoms with Crippen LogP contribution >= 0.6 is 0 Å². The van der Waals surface area contributed by atoms with Gasteiger partial charge in [-0.3, -0.25) is 4.79 Å². The number of carbonyl (C=O) groups is 1. The summed E-state index contributed by atoms with van der Waals surface area (Å²) in [5.41, 5.74) is -0.828. The van der Waals surface area contributed by atoms with Crippen LogP contribution in [0.1, 0.15) is 60.3 Å². The van der Waals surface area contributed by atoms with Crippen LogP contribution in [-0.2, 0) is 14.6 Å². The van der Waals surface area contributed by atoms with Crippen molar-refractivity contribution in [1.82, 2.24) is 0 Å². The van der Waals surface area contributed by atoms with Crippen molar-refractivity contribution >= 4 is 15.6 Å². The summed E-state index contributed by atoms with van der Waals surface area (Å²) in [6.07, 6.45) is 2.85. The molecule has 0 amide bonds. The van der Waals surface area contributed by atoms with Crippen molar-refractivity contribution in [2.75, 3.05) is 5.75 Å². The molecular weight excluding hydrogens is 248 g/mol. The highest BCUT2D eigenvalue weighted by Crippen LogP contribution is 2.55. The highest BCUT2D eigenvalue weighted by Gasteiger charge is 2.57. The third kappa shape index (κ3) is 2.24. The average Bonchev–Trinajstić information content (AvgIpc) is 2.54. The van der Waals surface area contributed by atoms with Crippen LogP contribution in [0, 0.1) is 10.8 Å². The molecule has 1 unspecified atom stereocenters. The van der Waals surface area contributed by atoms with Gasteiger partial charge < -0.3 is 0 Å². The summed E-state index contributed by atoms with van der Waals surface area (Å²) in [4.78, 5) is 12.3. The Morgan fingerprint density at radius 1 is 1.22 bits per heavy atom. The van der Waals surface area contributed by atoms with Gasteiger partial charge in [-0.25, -0.2) is 8.42 Å². The first-order valence-corrected chi connectivity index (χ1v) is 8.61. The summed E-state index contributed by atoms with van der Waals surface area (Å²) in [6.45, 7) is 9.48. The number of hydrogen-bond acceptors (Lipinski definition) is 3. The molecule has 0 aromatic carbocycles. The zero-order valence-electron chi connectivity index (χ0n) is 12.2. The first-order chi connectivity index (χ1) is 8.15. The van der Waals surface area contributed by atoms with E-state index in [1.165, 1.54) is 0 Å². The van der Waals surface area contributed by atoms with Gasteiger partial charge in [0.2, 0.25) is 0 Å². The van der Waals surface area contributed by atoms with Gasteiger partial charge in [-0.2, -0.15) is 0 Å². The molecular formula is C14H26O3S. The molecule has 4 heteroatoms. The molecule has 0 heterocycles. The average molecular weight is 274 g/mol. The quantitative estimate of drug-likeness (QED) is 0.774. The number of hydrogen-bond donors (Lipinski definition) is 0. The van der Waals surface area contributed by atoms with E-state index in [4.69, 9.17) is 0 Å². The molecule has 0 N–H and O–H groups in total. The lowest BCUT2D eigenvalue weighted by molar-refractivity contribution is -0.128. The van der Waals surface area contributed by atoms with Crippen LogP contribution in [-0.4, -0.2) is 25.2 Å². The second kappa shape index (κ2) is 4.95. The zero-order valence-corrected chi connectivity index (χ0v) is 13.1.